The summed E-state index contributed by atoms with van der Waals surface area (Å²) in [6.07, 6.45) is 0. The smallest absolute Gasteiger partial charge is 0.0483 e. The predicted molar refractivity (Wildman–Crippen MR) is 83.9 cm³/mol. The molecule has 0 unspecified atom stereocenters. The normalized spacial score (nSPS) is 12.0. The fraction of sp³-hybridized carbons (Fsp3) is 0.529. The summed E-state index contributed by atoms with van der Waals surface area (Å²) in [6.45, 7) is 10.0. The average molecular weight is 258 g/mol. The number of hydrogen-bond acceptors (Lipinski definition) is 1. The summed E-state index contributed by atoms with van der Waals surface area (Å²) in [4.78, 5) is 0. The second kappa shape index (κ2) is 5.38. The fourth-order valence-corrected chi connectivity index (χ4v) is 2.93. The zero-order valence-corrected chi connectivity index (χ0v) is 13.0. The van der Waals surface area contributed by atoms with Gasteiger partial charge in [-0.1, -0.05) is 33.8 Å². The van der Waals surface area contributed by atoms with Gasteiger partial charge in [0.25, 0.3) is 0 Å². The molecule has 0 amide bonds. The minimum atomic E-state index is 0.550. The van der Waals surface area contributed by atoms with E-state index >= 15 is 0 Å². The van der Waals surface area contributed by atoms with E-state index in [9.17, 15) is 0 Å². The summed E-state index contributed by atoms with van der Waals surface area (Å²) in [7, 11) is 4.19. The Labute approximate surface area is 116 Å². The van der Waals surface area contributed by atoms with Crippen molar-refractivity contribution in [3.8, 4) is 0 Å². The highest BCUT2D eigenvalue weighted by atomic mass is 15.0. The van der Waals surface area contributed by atoms with Crippen LogP contribution in [0.5, 0.6) is 0 Å². The van der Waals surface area contributed by atoms with E-state index in [1.165, 1.54) is 27.7 Å². The van der Waals surface area contributed by atoms with Crippen molar-refractivity contribution < 1.29 is 0 Å². The summed E-state index contributed by atoms with van der Waals surface area (Å²) in [5, 5.41) is 4.72. The van der Waals surface area contributed by atoms with Crippen LogP contribution < -0.4 is 5.32 Å². The number of aromatic nitrogens is 1. The highest BCUT2D eigenvalue weighted by molar-refractivity contribution is 5.87. The van der Waals surface area contributed by atoms with E-state index in [2.05, 4.69) is 62.8 Å². The zero-order valence-electron chi connectivity index (χ0n) is 13.0. The number of rotatable bonds is 4. The molecule has 0 aliphatic carbocycles. The molecule has 1 heterocycles. The van der Waals surface area contributed by atoms with Gasteiger partial charge in [-0.15, -0.1) is 0 Å². The number of nitrogens with zero attached hydrogens (tertiary/aromatic N) is 1. The fourth-order valence-electron chi connectivity index (χ4n) is 2.93. The third-order valence-electron chi connectivity index (χ3n) is 3.98. The van der Waals surface area contributed by atoms with Crippen LogP contribution >= 0.6 is 0 Å². The molecular formula is C17H26N2. The van der Waals surface area contributed by atoms with Crippen LogP contribution in [0.1, 0.15) is 56.4 Å². The molecule has 2 nitrogen and oxygen atoms in total. The Bertz CT molecular complexity index is 576. The van der Waals surface area contributed by atoms with Crippen molar-refractivity contribution in [1.82, 2.24) is 9.88 Å². The largest absolute Gasteiger partial charge is 0.346 e. The summed E-state index contributed by atoms with van der Waals surface area (Å²) >= 11 is 0. The number of benzene rings is 1. The standard InChI is InChI=1S/C17H26N2/c1-11(2)13-7-8-15-14(9-13)17(12(3)4)16(10-18-5)19(15)6/h7-9,11-12,18H,10H2,1-6H3. The Hall–Kier alpha value is -1.28. The van der Waals surface area contributed by atoms with E-state index in [0.717, 1.165) is 6.54 Å². The molecule has 2 heteroatoms. The first-order chi connectivity index (χ1) is 8.97. The molecule has 0 saturated carbocycles. The van der Waals surface area contributed by atoms with Crippen LogP contribution in [-0.2, 0) is 13.6 Å². The molecule has 1 aromatic heterocycles. The van der Waals surface area contributed by atoms with Gasteiger partial charge in [-0.05, 0) is 42.1 Å². The molecule has 19 heavy (non-hydrogen) atoms. The number of fused-ring (bicyclic) bond motifs is 1. The van der Waals surface area contributed by atoms with E-state index in [4.69, 9.17) is 0 Å². The molecule has 0 spiro atoms. The number of hydrogen-bond donors (Lipinski definition) is 1. The Morgan fingerprint density at radius 2 is 1.79 bits per heavy atom. The highest BCUT2D eigenvalue weighted by Crippen LogP contribution is 2.33. The Morgan fingerprint density at radius 1 is 1.11 bits per heavy atom. The van der Waals surface area contributed by atoms with Crippen LogP contribution in [0, 0.1) is 0 Å². The first-order valence-electron chi connectivity index (χ1n) is 7.23. The van der Waals surface area contributed by atoms with Crippen LogP contribution in [0.15, 0.2) is 18.2 Å². The molecule has 0 saturated heterocycles. The van der Waals surface area contributed by atoms with Crippen molar-refractivity contribution in [2.45, 2.75) is 46.1 Å². The summed E-state index contributed by atoms with van der Waals surface area (Å²) in [6, 6.07) is 6.92. The molecule has 0 bridgehead atoms. The van der Waals surface area contributed by atoms with Crippen LogP contribution in [-0.4, -0.2) is 11.6 Å². The Morgan fingerprint density at radius 3 is 2.32 bits per heavy atom. The van der Waals surface area contributed by atoms with E-state index in [1.54, 1.807) is 0 Å². The average Bonchev–Trinajstić information content (AvgIpc) is 2.63. The molecule has 0 atom stereocenters. The van der Waals surface area contributed by atoms with Crippen LogP contribution in [0.4, 0.5) is 0 Å². The minimum absolute atomic E-state index is 0.550. The molecule has 0 fully saturated rings. The van der Waals surface area contributed by atoms with E-state index in [1.807, 2.05) is 7.05 Å². The number of nitrogens with one attached hydrogen (secondary N) is 1. The van der Waals surface area contributed by atoms with Gasteiger partial charge in [0.1, 0.15) is 0 Å². The van der Waals surface area contributed by atoms with Crippen molar-refractivity contribution in [2.75, 3.05) is 7.05 Å². The molecule has 2 rings (SSSR count). The lowest BCUT2D eigenvalue weighted by Gasteiger charge is -2.10. The van der Waals surface area contributed by atoms with Crippen molar-refractivity contribution >= 4 is 10.9 Å². The molecule has 104 valence electrons. The Kier molecular flexibility index (Phi) is 4.00. The SMILES string of the molecule is CNCc1c(C(C)C)c2cc(C(C)C)ccc2n1C. The van der Waals surface area contributed by atoms with Gasteiger partial charge in [-0.3, -0.25) is 0 Å². The van der Waals surface area contributed by atoms with E-state index < -0.39 is 0 Å². The quantitative estimate of drug-likeness (QED) is 0.872. The van der Waals surface area contributed by atoms with Gasteiger partial charge in [0.2, 0.25) is 0 Å². The van der Waals surface area contributed by atoms with Gasteiger partial charge in [0.05, 0.1) is 0 Å². The molecule has 0 aliphatic rings. The first kappa shape index (κ1) is 14.1. The van der Waals surface area contributed by atoms with Crippen LogP contribution in [0.3, 0.4) is 0 Å². The van der Waals surface area contributed by atoms with Crippen LogP contribution in [0.25, 0.3) is 10.9 Å². The third kappa shape index (κ3) is 2.42. The van der Waals surface area contributed by atoms with Crippen molar-refractivity contribution in [3.63, 3.8) is 0 Å². The molecular weight excluding hydrogens is 232 g/mol. The van der Waals surface area contributed by atoms with E-state index in [0.29, 0.717) is 11.8 Å². The van der Waals surface area contributed by atoms with Crippen molar-refractivity contribution in [2.24, 2.45) is 7.05 Å². The van der Waals surface area contributed by atoms with Crippen LogP contribution in [0.2, 0.25) is 0 Å². The minimum Gasteiger partial charge on any atom is -0.346 e. The molecule has 0 radical (unpaired) electrons. The summed E-state index contributed by atoms with van der Waals surface area (Å²) in [5.41, 5.74) is 5.68. The highest BCUT2D eigenvalue weighted by Gasteiger charge is 2.17. The first-order valence-corrected chi connectivity index (χ1v) is 7.23. The predicted octanol–water partition coefficient (Wildman–Crippen LogP) is 4.14. The van der Waals surface area contributed by atoms with Gasteiger partial charge in [-0.2, -0.15) is 0 Å². The van der Waals surface area contributed by atoms with Crippen molar-refractivity contribution in [1.29, 1.82) is 0 Å². The van der Waals surface area contributed by atoms with Crippen molar-refractivity contribution in [3.05, 3.63) is 35.0 Å². The maximum absolute atomic E-state index is 3.30. The monoisotopic (exact) mass is 258 g/mol. The third-order valence-corrected chi connectivity index (χ3v) is 3.98. The second-order valence-electron chi connectivity index (χ2n) is 6.04. The number of aryl methyl sites for hydroxylation is 1. The second-order valence-corrected chi connectivity index (χ2v) is 6.04. The topological polar surface area (TPSA) is 17.0 Å². The summed E-state index contributed by atoms with van der Waals surface area (Å²) in [5.74, 6) is 1.13. The van der Waals surface area contributed by atoms with Gasteiger partial charge >= 0.3 is 0 Å². The lowest BCUT2D eigenvalue weighted by atomic mass is 9.95. The molecule has 1 aromatic carbocycles. The maximum atomic E-state index is 3.30. The summed E-state index contributed by atoms with van der Waals surface area (Å²) < 4.78 is 2.34. The molecule has 0 aliphatic heterocycles. The van der Waals surface area contributed by atoms with Gasteiger partial charge in [0, 0.05) is 30.2 Å². The van der Waals surface area contributed by atoms with Gasteiger partial charge < -0.3 is 9.88 Å². The lowest BCUT2D eigenvalue weighted by molar-refractivity contribution is 0.717. The lowest BCUT2D eigenvalue weighted by Crippen LogP contribution is -2.11. The molecule has 2 aromatic rings. The van der Waals surface area contributed by atoms with Gasteiger partial charge in [0.15, 0.2) is 0 Å². The maximum Gasteiger partial charge on any atom is 0.0483 e. The van der Waals surface area contributed by atoms with E-state index in [-0.39, 0.29) is 0 Å². The Balaban J connectivity index is 2.74. The van der Waals surface area contributed by atoms with Gasteiger partial charge in [-0.25, -0.2) is 0 Å². The zero-order chi connectivity index (χ0) is 14.2. The molecule has 1 N–H and O–H groups in total.